The average molecular weight is 455 g/mol. The van der Waals surface area contributed by atoms with E-state index in [-0.39, 0.29) is 29.3 Å². The molecule has 0 saturated heterocycles. The second kappa shape index (κ2) is 8.56. The van der Waals surface area contributed by atoms with Crippen LogP contribution in [0.25, 0.3) is 32.8 Å². The highest BCUT2D eigenvalue weighted by atomic mass is 79.9. The number of aromatic nitrogens is 2. The predicted molar refractivity (Wildman–Crippen MR) is 116 cm³/mol. The van der Waals surface area contributed by atoms with Crippen molar-refractivity contribution < 1.29 is 26.3 Å². The number of carbonyl (C=O) groups excluding carboxylic acids is 1. The lowest BCUT2D eigenvalue weighted by molar-refractivity contribution is -0.686. The third-order valence-corrected chi connectivity index (χ3v) is 5.21. The summed E-state index contributed by atoms with van der Waals surface area (Å²) in [5, 5.41) is 4.62. The van der Waals surface area contributed by atoms with Crippen LogP contribution in [0, 0.1) is 0 Å². The van der Waals surface area contributed by atoms with Gasteiger partial charge >= 0.3 is 0 Å². The summed E-state index contributed by atoms with van der Waals surface area (Å²) < 4.78 is 1.82. The summed E-state index contributed by atoms with van der Waals surface area (Å²) in [6.45, 7) is 0.267. The van der Waals surface area contributed by atoms with Gasteiger partial charge in [0.05, 0.1) is 6.20 Å². The minimum atomic E-state index is 0. The molecule has 1 heterocycles. The summed E-state index contributed by atoms with van der Waals surface area (Å²) >= 11 is 0. The number of benzene rings is 4. The van der Waals surface area contributed by atoms with Gasteiger partial charge in [0, 0.05) is 17.2 Å². The lowest BCUT2D eigenvalue weighted by Crippen LogP contribution is -3.00. The standard InChI is InChI=1S/C26H19N2O.BrH/c29-26(24-12-10-20-6-2-4-8-22(20)16-24)17-28-14-13-25(27-18-28)23-11-9-19-5-1-3-7-21(19)15-23;/h1-16,18H,17H2;1H/q+1;/p-1. The molecule has 5 rings (SSSR count). The summed E-state index contributed by atoms with van der Waals surface area (Å²) in [5.74, 6) is 0.0704. The van der Waals surface area contributed by atoms with Crippen molar-refractivity contribution in [1.29, 1.82) is 0 Å². The molecular weight excluding hydrogens is 436 g/mol. The molecule has 30 heavy (non-hydrogen) atoms. The highest BCUT2D eigenvalue weighted by molar-refractivity contribution is 5.99. The van der Waals surface area contributed by atoms with Crippen LogP contribution in [-0.4, -0.2) is 10.8 Å². The van der Waals surface area contributed by atoms with Crippen molar-refractivity contribution in [2.24, 2.45) is 0 Å². The van der Waals surface area contributed by atoms with Gasteiger partial charge in [0.15, 0.2) is 12.2 Å². The lowest BCUT2D eigenvalue weighted by Gasteiger charge is -2.03. The maximum Gasteiger partial charge on any atom is 0.287 e. The number of fused-ring (bicyclic) bond motifs is 2. The molecule has 0 N–H and O–H groups in total. The Bertz CT molecular complexity index is 1350. The van der Waals surface area contributed by atoms with Crippen LogP contribution in [0.5, 0.6) is 0 Å². The summed E-state index contributed by atoms with van der Waals surface area (Å²) in [7, 11) is 0. The first-order valence-corrected chi connectivity index (χ1v) is 9.62. The average Bonchev–Trinajstić information content (AvgIpc) is 2.79. The first-order chi connectivity index (χ1) is 14.3. The normalized spacial score (nSPS) is 10.7. The Labute approximate surface area is 185 Å². The number of hydrogen-bond acceptors (Lipinski definition) is 2. The van der Waals surface area contributed by atoms with Gasteiger partial charge in [0.25, 0.3) is 6.33 Å². The van der Waals surface area contributed by atoms with Gasteiger partial charge < -0.3 is 17.0 Å². The van der Waals surface area contributed by atoms with Gasteiger partial charge in [0.2, 0.25) is 5.78 Å². The molecular formula is C26H19BrN2O. The molecule has 0 fully saturated rings. The quantitative estimate of drug-likeness (QED) is 0.308. The molecule has 0 amide bonds. The van der Waals surface area contributed by atoms with Crippen LogP contribution in [0.15, 0.2) is 104 Å². The van der Waals surface area contributed by atoms with Crippen molar-refractivity contribution >= 4 is 27.3 Å². The molecule has 0 radical (unpaired) electrons. The molecule has 0 spiro atoms. The largest absolute Gasteiger partial charge is 1.00 e. The van der Waals surface area contributed by atoms with Gasteiger partial charge in [-0.15, -0.1) is 0 Å². The lowest BCUT2D eigenvalue weighted by atomic mass is 10.0. The number of rotatable bonds is 4. The molecule has 4 heteroatoms. The highest BCUT2D eigenvalue weighted by Gasteiger charge is 2.12. The van der Waals surface area contributed by atoms with Crippen LogP contribution in [0.2, 0.25) is 0 Å². The second-order valence-electron chi connectivity index (χ2n) is 7.16. The zero-order valence-corrected chi connectivity index (χ0v) is 17.8. The van der Waals surface area contributed by atoms with Gasteiger partial charge in [-0.3, -0.25) is 4.79 Å². The molecule has 0 unspecified atom stereocenters. The van der Waals surface area contributed by atoms with E-state index in [1.165, 1.54) is 10.8 Å². The fraction of sp³-hybridized carbons (Fsp3) is 0.0385. The Morgan fingerprint density at radius 2 is 1.37 bits per heavy atom. The SMILES string of the molecule is O=C(C[n+]1ccc(-c2ccc3ccccc3c2)nc1)c1ccc2ccccc2c1.[Br-]. The van der Waals surface area contributed by atoms with Crippen molar-refractivity contribution in [3.63, 3.8) is 0 Å². The minimum absolute atomic E-state index is 0. The highest BCUT2D eigenvalue weighted by Crippen LogP contribution is 2.22. The summed E-state index contributed by atoms with van der Waals surface area (Å²) in [5.41, 5.74) is 2.68. The van der Waals surface area contributed by atoms with Gasteiger partial charge in [-0.2, -0.15) is 0 Å². The summed E-state index contributed by atoms with van der Waals surface area (Å²) in [6.07, 6.45) is 3.64. The van der Waals surface area contributed by atoms with Crippen LogP contribution < -0.4 is 21.5 Å². The molecule has 0 aliphatic rings. The Hall–Kier alpha value is -3.37. The van der Waals surface area contributed by atoms with Crippen molar-refractivity contribution in [3.05, 3.63) is 109 Å². The van der Waals surface area contributed by atoms with E-state index in [1.54, 1.807) is 6.33 Å². The predicted octanol–water partition coefficient (Wildman–Crippen LogP) is 2.23. The Morgan fingerprint density at radius 3 is 2.03 bits per heavy atom. The van der Waals surface area contributed by atoms with E-state index in [4.69, 9.17) is 0 Å². The zero-order valence-electron chi connectivity index (χ0n) is 16.2. The number of hydrogen-bond donors (Lipinski definition) is 0. The number of Topliss-reactive ketones (excluding diaryl/α,β-unsaturated/α-hetero) is 1. The molecule has 4 aromatic carbocycles. The number of nitrogens with zero attached hydrogens (tertiary/aromatic N) is 2. The van der Waals surface area contributed by atoms with Gasteiger partial charge in [-0.05, 0) is 44.7 Å². The van der Waals surface area contributed by atoms with E-state index in [9.17, 15) is 4.79 Å². The fourth-order valence-electron chi connectivity index (χ4n) is 3.62. The molecule has 0 bridgehead atoms. The van der Waals surface area contributed by atoms with Gasteiger partial charge in [-0.1, -0.05) is 66.7 Å². The zero-order chi connectivity index (χ0) is 19.6. The molecule has 146 valence electrons. The van der Waals surface area contributed by atoms with Crippen molar-refractivity contribution in [3.8, 4) is 11.3 Å². The first-order valence-electron chi connectivity index (χ1n) is 9.62. The number of halogens is 1. The summed E-state index contributed by atoms with van der Waals surface area (Å²) in [6, 6.07) is 30.5. The van der Waals surface area contributed by atoms with Crippen molar-refractivity contribution in [1.82, 2.24) is 4.98 Å². The third kappa shape index (κ3) is 4.00. The first kappa shape index (κ1) is 19.9. The van der Waals surface area contributed by atoms with Gasteiger partial charge in [0.1, 0.15) is 0 Å². The molecule has 0 saturated carbocycles. The van der Waals surface area contributed by atoms with Crippen LogP contribution in [-0.2, 0) is 6.54 Å². The smallest absolute Gasteiger partial charge is 0.287 e. The topological polar surface area (TPSA) is 33.8 Å². The monoisotopic (exact) mass is 454 g/mol. The molecule has 1 aromatic heterocycles. The Morgan fingerprint density at radius 1 is 0.733 bits per heavy atom. The number of ketones is 1. The Kier molecular flexibility index (Phi) is 5.68. The van der Waals surface area contributed by atoms with E-state index < -0.39 is 0 Å². The third-order valence-electron chi connectivity index (χ3n) is 5.21. The van der Waals surface area contributed by atoms with Gasteiger partial charge in [-0.25, -0.2) is 4.57 Å². The van der Waals surface area contributed by atoms with E-state index in [0.29, 0.717) is 0 Å². The molecule has 0 aliphatic carbocycles. The minimum Gasteiger partial charge on any atom is -1.00 e. The summed E-state index contributed by atoms with van der Waals surface area (Å²) in [4.78, 5) is 17.3. The fourth-order valence-corrected chi connectivity index (χ4v) is 3.62. The van der Waals surface area contributed by atoms with E-state index >= 15 is 0 Å². The van der Waals surface area contributed by atoms with E-state index in [1.807, 2.05) is 71.4 Å². The van der Waals surface area contributed by atoms with E-state index in [2.05, 4.69) is 35.3 Å². The maximum absolute atomic E-state index is 12.7. The van der Waals surface area contributed by atoms with Crippen molar-refractivity contribution in [2.45, 2.75) is 6.54 Å². The molecule has 0 atom stereocenters. The molecule has 3 nitrogen and oxygen atoms in total. The maximum atomic E-state index is 12.7. The van der Waals surface area contributed by atoms with Crippen LogP contribution in [0.4, 0.5) is 0 Å². The molecule has 0 aliphatic heterocycles. The Balaban J connectivity index is 0.00000218. The molecule has 5 aromatic rings. The second-order valence-corrected chi connectivity index (χ2v) is 7.16. The van der Waals surface area contributed by atoms with Crippen LogP contribution >= 0.6 is 0 Å². The van der Waals surface area contributed by atoms with E-state index in [0.717, 1.165) is 27.6 Å². The van der Waals surface area contributed by atoms with Crippen molar-refractivity contribution in [2.75, 3.05) is 0 Å². The van der Waals surface area contributed by atoms with Crippen LogP contribution in [0.1, 0.15) is 10.4 Å². The van der Waals surface area contributed by atoms with Crippen LogP contribution in [0.3, 0.4) is 0 Å². The number of carbonyl (C=O) groups is 1.